The van der Waals surface area contributed by atoms with Gasteiger partial charge in [-0.25, -0.2) is 9.97 Å². The number of anilines is 2. The van der Waals surface area contributed by atoms with Gasteiger partial charge in [-0.05, 0) is 28.3 Å². The van der Waals surface area contributed by atoms with Crippen LogP contribution in [0.3, 0.4) is 0 Å². The molecule has 0 atom stereocenters. The van der Waals surface area contributed by atoms with Gasteiger partial charge in [0.15, 0.2) is 0 Å². The molecule has 1 heterocycles. The van der Waals surface area contributed by atoms with Gasteiger partial charge in [0.05, 0.1) is 0 Å². The van der Waals surface area contributed by atoms with Crippen LogP contribution in [-0.4, -0.2) is 30.1 Å². The van der Waals surface area contributed by atoms with E-state index >= 15 is 0 Å². The molecule has 0 aromatic carbocycles. The second-order valence-electron chi connectivity index (χ2n) is 4.56. The van der Waals surface area contributed by atoms with Crippen LogP contribution in [0.2, 0.25) is 0 Å². The molecule has 0 aliphatic rings. The predicted octanol–water partition coefficient (Wildman–Crippen LogP) is 3.15. The van der Waals surface area contributed by atoms with Gasteiger partial charge in [0, 0.05) is 20.1 Å². The molecule has 0 aliphatic heterocycles. The molecule has 1 N–H and O–H groups in total. The zero-order valence-electron chi connectivity index (χ0n) is 11.0. The van der Waals surface area contributed by atoms with E-state index in [2.05, 4.69) is 63.9 Å². The third-order valence-electron chi connectivity index (χ3n) is 2.31. The predicted molar refractivity (Wildman–Crippen MR) is 76.6 cm³/mol. The number of hydrogen-bond donors (Lipinski definition) is 1. The summed E-state index contributed by atoms with van der Waals surface area (Å²) in [6, 6.07) is 0. The maximum absolute atomic E-state index is 4.33. The number of hydrogen-bond acceptors (Lipinski definition) is 4. The van der Waals surface area contributed by atoms with Crippen LogP contribution >= 0.6 is 15.9 Å². The van der Waals surface area contributed by atoms with Crippen molar-refractivity contribution in [2.24, 2.45) is 5.92 Å². The number of nitrogens with zero attached hydrogens (tertiary/aromatic N) is 3. The van der Waals surface area contributed by atoms with Crippen LogP contribution in [0.1, 0.15) is 27.2 Å². The number of halogens is 1. The van der Waals surface area contributed by atoms with Gasteiger partial charge in [-0.1, -0.05) is 20.8 Å². The minimum absolute atomic E-state index is 0.605. The lowest BCUT2D eigenvalue weighted by molar-refractivity contribution is 0.633. The molecule has 0 saturated heterocycles. The van der Waals surface area contributed by atoms with Crippen LogP contribution in [0.15, 0.2) is 10.8 Å². The highest BCUT2D eigenvalue weighted by Gasteiger charge is 2.12. The largest absolute Gasteiger partial charge is 0.369 e. The Morgan fingerprint density at radius 3 is 2.71 bits per heavy atom. The minimum Gasteiger partial charge on any atom is -0.369 e. The zero-order chi connectivity index (χ0) is 12.8. The van der Waals surface area contributed by atoms with Crippen molar-refractivity contribution >= 4 is 27.6 Å². The van der Waals surface area contributed by atoms with Crippen molar-refractivity contribution in [3.05, 3.63) is 10.8 Å². The van der Waals surface area contributed by atoms with E-state index in [0.29, 0.717) is 5.92 Å². The molecule has 17 heavy (non-hydrogen) atoms. The molecule has 0 radical (unpaired) electrons. The molecule has 1 rings (SSSR count). The van der Waals surface area contributed by atoms with Crippen LogP contribution < -0.4 is 10.2 Å². The Morgan fingerprint density at radius 2 is 2.12 bits per heavy atom. The number of rotatable bonds is 6. The Balaban J connectivity index is 2.85. The first-order valence-electron chi connectivity index (χ1n) is 6.01. The quantitative estimate of drug-likeness (QED) is 0.876. The number of aromatic nitrogens is 2. The Morgan fingerprint density at radius 1 is 1.41 bits per heavy atom. The lowest BCUT2D eigenvalue weighted by atomic mass is 10.2. The van der Waals surface area contributed by atoms with Gasteiger partial charge in [0.2, 0.25) is 0 Å². The van der Waals surface area contributed by atoms with Gasteiger partial charge < -0.3 is 10.2 Å². The van der Waals surface area contributed by atoms with E-state index in [1.54, 1.807) is 6.33 Å². The summed E-state index contributed by atoms with van der Waals surface area (Å²) in [5, 5.41) is 3.29. The fourth-order valence-electron chi connectivity index (χ4n) is 1.63. The van der Waals surface area contributed by atoms with Crippen LogP contribution in [0.25, 0.3) is 0 Å². The van der Waals surface area contributed by atoms with Crippen LogP contribution in [-0.2, 0) is 0 Å². The molecular weight excluding hydrogens is 280 g/mol. The average molecular weight is 301 g/mol. The van der Waals surface area contributed by atoms with E-state index in [0.717, 1.165) is 35.6 Å². The van der Waals surface area contributed by atoms with E-state index < -0.39 is 0 Å². The van der Waals surface area contributed by atoms with Crippen LogP contribution in [0.5, 0.6) is 0 Å². The molecule has 4 nitrogen and oxygen atoms in total. The molecule has 0 fully saturated rings. The summed E-state index contributed by atoms with van der Waals surface area (Å²) in [4.78, 5) is 10.7. The summed E-state index contributed by atoms with van der Waals surface area (Å²) in [5.41, 5.74) is 0. The van der Waals surface area contributed by atoms with Gasteiger partial charge in [0.1, 0.15) is 22.4 Å². The second-order valence-corrected chi connectivity index (χ2v) is 5.35. The summed E-state index contributed by atoms with van der Waals surface area (Å²) in [7, 11) is 2.05. The van der Waals surface area contributed by atoms with Crippen molar-refractivity contribution in [1.29, 1.82) is 0 Å². The van der Waals surface area contributed by atoms with E-state index in [1.165, 1.54) is 0 Å². The van der Waals surface area contributed by atoms with Crippen molar-refractivity contribution in [2.45, 2.75) is 27.2 Å². The second kappa shape index (κ2) is 6.79. The van der Waals surface area contributed by atoms with Gasteiger partial charge in [0.25, 0.3) is 0 Å². The van der Waals surface area contributed by atoms with Crippen molar-refractivity contribution in [3.8, 4) is 0 Å². The van der Waals surface area contributed by atoms with Gasteiger partial charge in [-0.3, -0.25) is 0 Å². The molecule has 0 saturated carbocycles. The molecule has 1 aromatic heterocycles. The molecule has 0 bridgehead atoms. The monoisotopic (exact) mass is 300 g/mol. The standard InChI is InChI=1S/C12H21BrN4/c1-5-6-14-11-10(13)12(16-8-15-11)17(4)7-9(2)3/h8-9H,5-7H2,1-4H3,(H,14,15,16). The molecule has 0 spiro atoms. The maximum atomic E-state index is 4.33. The molecule has 5 heteroatoms. The first-order valence-corrected chi connectivity index (χ1v) is 6.81. The molecule has 96 valence electrons. The lowest BCUT2D eigenvalue weighted by Crippen LogP contribution is -2.24. The van der Waals surface area contributed by atoms with E-state index in [1.807, 2.05) is 0 Å². The van der Waals surface area contributed by atoms with E-state index in [9.17, 15) is 0 Å². The Kier molecular flexibility index (Phi) is 5.68. The summed E-state index contributed by atoms with van der Waals surface area (Å²) >= 11 is 3.57. The molecule has 0 amide bonds. The Labute approximate surface area is 112 Å². The van der Waals surface area contributed by atoms with Crippen LogP contribution in [0.4, 0.5) is 11.6 Å². The Hall–Kier alpha value is -0.840. The Bertz CT molecular complexity index is 354. The molecule has 0 unspecified atom stereocenters. The summed E-state index contributed by atoms with van der Waals surface area (Å²) in [6.45, 7) is 8.42. The van der Waals surface area contributed by atoms with Crippen molar-refractivity contribution in [1.82, 2.24) is 9.97 Å². The topological polar surface area (TPSA) is 41.1 Å². The van der Waals surface area contributed by atoms with Gasteiger partial charge >= 0.3 is 0 Å². The highest BCUT2D eigenvalue weighted by atomic mass is 79.9. The fraction of sp³-hybridized carbons (Fsp3) is 0.667. The average Bonchev–Trinajstić information content (AvgIpc) is 2.26. The lowest BCUT2D eigenvalue weighted by Gasteiger charge is -2.22. The van der Waals surface area contributed by atoms with E-state index in [4.69, 9.17) is 0 Å². The smallest absolute Gasteiger partial charge is 0.148 e. The SMILES string of the molecule is CCCNc1ncnc(N(C)CC(C)C)c1Br. The van der Waals surface area contributed by atoms with Gasteiger partial charge in [-0.2, -0.15) is 0 Å². The third kappa shape index (κ3) is 4.15. The first-order chi connectivity index (χ1) is 8.06. The van der Waals surface area contributed by atoms with Crippen molar-refractivity contribution in [2.75, 3.05) is 30.4 Å². The van der Waals surface area contributed by atoms with E-state index in [-0.39, 0.29) is 0 Å². The highest BCUT2D eigenvalue weighted by Crippen LogP contribution is 2.29. The summed E-state index contributed by atoms with van der Waals surface area (Å²) < 4.78 is 0.941. The highest BCUT2D eigenvalue weighted by molar-refractivity contribution is 9.10. The minimum atomic E-state index is 0.605. The molecule has 0 aliphatic carbocycles. The summed E-state index contributed by atoms with van der Waals surface area (Å²) in [6.07, 6.45) is 2.68. The van der Waals surface area contributed by atoms with Crippen LogP contribution in [0, 0.1) is 5.92 Å². The normalized spacial score (nSPS) is 10.7. The summed E-state index contributed by atoms with van der Waals surface area (Å²) in [5.74, 6) is 2.41. The zero-order valence-corrected chi connectivity index (χ0v) is 12.6. The third-order valence-corrected chi connectivity index (χ3v) is 3.04. The fourth-order valence-corrected chi connectivity index (χ4v) is 2.28. The van der Waals surface area contributed by atoms with Gasteiger partial charge in [-0.15, -0.1) is 0 Å². The maximum Gasteiger partial charge on any atom is 0.148 e. The number of nitrogens with one attached hydrogen (secondary N) is 1. The molecular formula is C12H21BrN4. The molecule has 1 aromatic rings. The van der Waals surface area contributed by atoms with Crippen molar-refractivity contribution in [3.63, 3.8) is 0 Å². The van der Waals surface area contributed by atoms with Crippen molar-refractivity contribution < 1.29 is 0 Å². The first kappa shape index (κ1) is 14.2.